The molecule has 2 fully saturated rings. The third kappa shape index (κ3) is 3.31. The highest BCUT2D eigenvalue weighted by atomic mass is 16.5. The average Bonchev–Trinajstić information content (AvgIpc) is 3.11. The minimum absolute atomic E-state index is 0.167. The number of nitrogens with one attached hydrogen (secondary N) is 1. The first-order chi connectivity index (χ1) is 13.3. The van der Waals surface area contributed by atoms with Crippen molar-refractivity contribution in [1.29, 1.82) is 0 Å². The topological polar surface area (TPSA) is 72.4 Å². The maximum Gasteiger partial charge on any atom is 0.163 e. The van der Waals surface area contributed by atoms with Crippen molar-refractivity contribution in [3.63, 3.8) is 0 Å². The lowest BCUT2D eigenvalue weighted by molar-refractivity contribution is -0.00962. The third-order valence-corrected chi connectivity index (χ3v) is 5.63. The molecular weight excluding hydrogens is 342 g/mol. The van der Waals surface area contributed by atoms with Gasteiger partial charge in [0.15, 0.2) is 5.82 Å². The molecule has 3 aliphatic rings. The highest BCUT2D eigenvalue weighted by molar-refractivity contribution is 5.61. The van der Waals surface area contributed by atoms with E-state index in [1.165, 1.54) is 11.3 Å². The van der Waals surface area contributed by atoms with Gasteiger partial charge in [0.2, 0.25) is 0 Å². The molecule has 2 aromatic heterocycles. The number of hydrogen-bond donors (Lipinski definition) is 1. The number of aryl methyl sites for hydroxylation is 1. The Morgan fingerprint density at radius 1 is 1.11 bits per heavy atom. The molecule has 27 heavy (non-hydrogen) atoms. The van der Waals surface area contributed by atoms with Gasteiger partial charge in [-0.1, -0.05) is 0 Å². The Labute approximate surface area is 159 Å². The fourth-order valence-corrected chi connectivity index (χ4v) is 4.31. The maximum absolute atomic E-state index is 5.94. The largest absolute Gasteiger partial charge is 0.378 e. The number of hydrogen-bond acceptors (Lipinski definition) is 7. The van der Waals surface area contributed by atoms with Crippen LogP contribution < -0.4 is 10.2 Å². The zero-order chi connectivity index (χ0) is 18.1. The van der Waals surface area contributed by atoms with E-state index < -0.39 is 0 Å². The number of fused-ring (bicyclic) bond motifs is 1. The van der Waals surface area contributed by atoms with Gasteiger partial charge in [-0.15, -0.1) is 0 Å². The summed E-state index contributed by atoms with van der Waals surface area (Å²) in [5.74, 6) is 1.83. The second-order valence-electron chi connectivity index (χ2n) is 7.63. The second-order valence-corrected chi connectivity index (χ2v) is 7.63. The molecule has 2 aliphatic heterocycles. The summed E-state index contributed by atoms with van der Waals surface area (Å²) < 4.78 is 11.7. The summed E-state index contributed by atoms with van der Waals surface area (Å²) >= 11 is 0. The van der Waals surface area contributed by atoms with E-state index in [9.17, 15) is 0 Å². The SMILES string of the molecule is c1cncc(-c2nc3c(c(N4CCOCC5(COCCN5)C4)n2)CCC3)c1. The normalized spacial score (nSPS) is 25.4. The van der Waals surface area contributed by atoms with E-state index in [4.69, 9.17) is 19.4 Å². The Morgan fingerprint density at radius 2 is 2.04 bits per heavy atom. The molecule has 0 bridgehead atoms. The van der Waals surface area contributed by atoms with Gasteiger partial charge >= 0.3 is 0 Å². The summed E-state index contributed by atoms with van der Waals surface area (Å²) in [6.07, 6.45) is 6.83. The minimum Gasteiger partial charge on any atom is -0.378 e. The van der Waals surface area contributed by atoms with Gasteiger partial charge in [-0.25, -0.2) is 9.97 Å². The molecule has 1 N–H and O–H groups in total. The molecule has 5 rings (SSSR count). The second kappa shape index (κ2) is 7.14. The van der Waals surface area contributed by atoms with Crippen molar-refractivity contribution in [2.45, 2.75) is 24.8 Å². The van der Waals surface area contributed by atoms with Gasteiger partial charge in [-0.05, 0) is 31.4 Å². The van der Waals surface area contributed by atoms with Gasteiger partial charge in [-0.3, -0.25) is 4.98 Å². The predicted octanol–water partition coefficient (Wildman–Crippen LogP) is 1.22. The van der Waals surface area contributed by atoms with Crippen molar-refractivity contribution in [3.05, 3.63) is 35.8 Å². The van der Waals surface area contributed by atoms with Crippen LogP contribution in [0, 0.1) is 0 Å². The maximum atomic E-state index is 5.94. The lowest BCUT2D eigenvalue weighted by Gasteiger charge is -2.39. The number of aromatic nitrogens is 3. The molecule has 1 atom stereocenters. The van der Waals surface area contributed by atoms with Crippen molar-refractivity contribution in [3.8, 4) is 11.4 Å². The summed E-state index contributed by atoms with van der Waals surface area (Å²) in [6.45, 7) is 5.33. The molecule has 1 spiro atoms. The number of pyridine rings is 1. The van der Waals surface area contributed by atoms with Gasteiger partial charge in [-0.2, -0.15) is 0 Å². The standard InChI is InChI=1S/C20H25N5O2/c1-4-16-17(5-1)23-18(15-3-2-6-21-11-15)24-19(16)25-8-10-27-14-20(12-25)13-26-9-7-22-20/h2-3,6,11,22H,1,4-5,7-10,12-14H2. The Morgan fingerprint density at radius 3 is 2.89 bits per heavy atom. The monoisotopic (exact) mass is 367 g/mol. The van der Waals surface area contributed by atoms with E-state index in [1.807, 2.05) is 18.3 Å². The summed E-state index contributed by atoms with van der Waals surface area (Å²) in [6, 6.07) is 3.96. The first-order valence-electron chi connectivity index (χ1n) is 9.79. The van der Waals surface area contributed by atoms with Gasteiger partial charge in [0, 0.05) is 48.8 Å². The highest BCUT2D eigenvalue weighted by Gasteiger charge is 2.38. The molecule has 1 aliphatic carbocycles. The summed E-state index contributed by atoms with van der Waals surface area (Å²) in [5.41, 5.74) is 3.29. The molecule has 0 amide bonds. The molecule has 0 saturated carbocycles. The highest BCUT2D eigenvalue weighted by Crippen LogP contribution is 2.32. The number of ether oxygens (including phenoxy) is 2. The van der Waals surface area contributed by atoms with Crippen LogP contribution in [0.15, 0.2) is 24.5 Å². The van der Waals surface area contributed by atoms with Gasteiger partial charge in [0.05, 0.1) is 32.0 Å². The van der Waals surface area contributed by atoms with Crippen LogP contribution in [0.25, 0.3) is 11.4 Å². The van der Waals surface area contributed by atoms with E-state index in [-0.39, 0.29) is 5.54 Å². The summed E-state index contributed by atoms with van der Waals surface area (Å²) in [5, 5.41) is 3.64. The van der Waals surface area contributed by atoms with Crippen LogP contribution >= 0.6 is 0 Å². The Hall–Kier alpha value is -2.09. The first kappa shape index (κ1) is 17.0. The molecule has 7 nitrogen and oxygen atoms in total. The van der Waals surface area contributed by atoms with Gasteiger partial charge in [0.1, 0.15) is 5.82 Å². The molecule has 7 heteroatoms. The van der Waals surface area contributed by atoms with Crippen LogP contribution in [0.5, 0.6) is 0 Å². The van der Waals surface area contributed by atoms with Crippen LogP contribution in [0.1, 0.15) is 17.7 Å². The first-order valence-corrected chi connectivity index (χ1v) is 9.79. The number of anilines is 1. The molecular formula is C20H25N5O2. The fourth-order valence-electron chi connectivity index (χ4n) is 4.31. The van der Waals surface area contributed by atoms with Crippen molar-refractivity contribution in [2.24, 2.45) is 0 Å². The summed E-state index contributed by atoms with van der Waals surface area (Å²) in [7, 11) is 0. The molecule has 2 saturated heterocycles. The van der Waals surface area contributed by atoms with Crippen LogP contribution in [-0.2, 0) is 22.3 Å². The van der Waals surface area contributed by atoms with E-state index in [1.54, 1.807) is 6.20 Å². The van der Waals surface area contributed by atoms with Crippen LogP contribution in [0.2, 0.25) is 0 Å². The minimum atomic E-state index is -0.167. The lowest BCUT2D eigenvalue weighted by atomic mass is 9.99. The van der Waals surface area contributed by atoms with E-state index in [2.05, 4.69) is 15.2 Å². The molecule has 0 radical (unpaired) electrons. The number of nitrogens with zero attached hydrogens (tertiary/aromatic N) is 4. The summed E-state index contributed by atoms with van der Waals surface area (Å²) in [4.78, 5) is 16.5. The fraction of sp³-hybridized carbons (Fsp3) is 0.550. The zero-order valence-electron chi connectivity index (χ0n) is 15.5. The lowest BCUT2D eigenvalue weighted by Crippen LogP contribution is -2.62. The molecule has 2 aromatic rings. The van der Waals surface area contributed by atoms with Crippen LogP contribution in [0.3, 0.4) is 0 Å². The average molecular weight is 367 g/mol. The van der Waals surface area contributed by atoms with E-state index in [0.29, 0.717) is 19.8 Å². The Bertz CT molecular complexity index is 808. The predicted molar refractivity (Wildman–Crippen MR) is 102 cm³/mol. The van der Waals surface area contributed by atoms with E-state index >= 15 is 0 Å². The molecule has 0 aromatic carbocycles. The van der Waals surface area contributed by atoms with Crippen molar-refractivity contribution in [2.75, 3.05) is 51.0 Å². The molecule has 142 valence electrons. The Kier molecular flexibility index (Phi) is 4.51. The van der Waals surface area contributed by atoms with Crippen LogP contribution in [-0.4, -0.2) is 66.6 Å². The molecule has 1 unspecified atom stereocenters. The quantitative estimate of drug-likeness (QED) is 0.856. The van der Waals surface area contributed by atoms with Crippen molar-refractivity contribution >= 4 is 5.82 Å². The smallest absolute Gasteiger partial charge is 0.163 e. The molecule has 4 heterocycles. The Balaban J connectivity index is 1.54. The van der Waals surface area contributed by atoms with Crippen LogP contribution in [0.4, 0.5) is 5.82 Å². The van der Waals surface area contributed by atoms with Gasteiger partial charge < -0.3 is 19.7 Å². The number of morpholine rings is 1. The number of rotatable bonds is 2. The van der Waals surface area contributed by atoms with E-state index in [0.717, 1.165) is 62.7 Å². The van der Waals surface area contributed by atoms with Crippen molar-refractivity contribution < 1.29 is 9.47 Å². The van der Waals surface area contributed by atoms with Crippen molar-refractivity contribution in [1.82, 2.24) is 20.3 Å². The third-order valence-electron chi connectivity index (χ3n) is 5.63. The zero-order valence-corrected chi connectivity index (χ0v) is 15.5. The van der Waals surface area contributed by atoms with Gasteiger partial charge in [0.25, 0.3) is 0 Å².